The van der Waals surface area contributed by atoms with Crippen molar-refractivity contribution in [2.75, 3.05) is 24.5 Å². The van der Waals surface area contributed by atoms with E-state index in [-0.39, 0.29) is 55.0 Å². The van der Waals surface area contributed by atoms with Gasteiger partial charge in [0.1, 0.15) is 11.6 Å². The van der Waals surface area contributed by atoms with Crippen LogP contribution in [0.5, 0.6) is 0 Å². The van der Waals surface area contributed by atoms with Crippen LogP contribution in [0.4, 0.5) is 14.7 Å². The topological polar surface area (TPSA) is 129 Å². The monoisotopic (exact) mass is 648 g/mol. The fraction of sp³-hybridized carbons (Fsp3) is 0.588. The average Bonchev–Trinajstić information content (AvgIpc) is 3.53. The Kier molecular flexibility index (Phi) is 8.67. The number of hydrogen-bond acceptors (Lipinski definition) is 8. The van der Waals surface area contributed by atoms with Gasteiger partial charge >= 0.3 is 5.97 Å². The number of aromatic nitrogens is 5. The maximum atomic E-state index is 13.7. The Labute approximate surface area is 272 Å². The molecule has 0 radical (unpaired) electrons. The number of carbonyl (C=O) groups is 2. The van der Waals surface area contributed by atoms with Gasteiger partial charge in [-0.25, -0.2) is 23.5 Å². The van der Waals surface area contributed by atoms with Gasteiger partial charge in [0.25, 0.3) is 0 Å². The molecule has 5 heterocycles. The van der Waals surface area contributed by atoms with Crippen LogP contribution in [0.2, 0.25) is 0 Å². The summed E-state index contributed by atoms with van der Waals surface area (Å²) in [5.74, 6) is -1.54. The number of piperidine rings is 1. The molecule has 1 amide bonds. The Morgan fingerprint density at radius 1 is 0.979 bits per heavy atom. The van der Waals surface area contributed by atoms with Gasteiger partial charge in [-0.3, -0.25) is 9.69 Å². The zero-order chi connectivity index (χ0) is 32.7. The number of carbonyl (C=O) groups excluding carboxylic acids is 1. The smallest absolute Gasteiger partial charge is 0.338 e. The van der Waals surface area contributed by atoms with E-state index < -0.39 is 11.9 Å². The molecule has 13 heteroatoms. The van der Waals surface area contributed by atoms with Crippen molar-refractivity contribution < 1.29 is 23.5 Å². The van der Waals surface area contributed by atoms with Crippen LogP contribution in [-0.2, 0) is 4.79 Å². The number of amides is 1. The molecule has 4 aliphatic rings. The number of nitrogens with one attached hydrogen (secondary N) is 1. The van der Waals surface area contributed by atoms with Crippen molar-refractivity contribution in [1.29, 1.82) is 0 Å². The van der Waals surface area contributed by atoms with Crippen molar-refractivity contribution in [3.05, 3.63) is 65.5 Å². The third-order valence-corrected chi connectivity index (χ3v) is 10.8. The number of rotatable bonds is 10. The molecule has 3 atom stereocenters. The van der Waals surface area contributed by atoms with Crippen LogP contribution in [0.3, 0.4) is 0 Å². The first kappa shape index (κ1) is 31.6. The van der Waals surface area contributed by atoms with Crippen molar-refractivity contribution in [2.24, 2.45) is 5.92 Å². The van der Waals surface area contributed by atoms with Crippen LogP contribution in [0.25, 0.3) is 0 Å². The second-order valence-electron chi connectivity index (χ2n) is 13.8. The maximum Gasteiger partial charge on any atom is 0.338 e. The largest absolute Gasteiger partial charge is 0.478 e. The van der Waals surface area contributed by atoms with E-state index in [1.165, 1.54) is 12.4 Å². The highest BCUT2D eigenvalue weighted by Crippen LogP contribution is 2.43. The van der Waals surface area contributed by atoms with E-state index in [0.717, 1.165) is 55.9 Å². The first-order chi connectivity index (χ1) is 22.6. The lowest BCUT2D eigenvalue weighted by Gasteiger charge is -2.42. The molecule has 2 bridgehead atoms. The molecule has 2 unspecified atom stereocenters. The van der Waals surface area contributed by atoms with Crippen molar-refractivity contribution >= 4 is 17.8 Å². The first-order valence-corrected chi connectivity index (χ1v) is 16.9. The number of hydrogen-bond donors (Lipinski definition) is 2. The fourth-order valence-corrected chi connectivity index (χ4v) is 8.21. The van der Waals surface area contributed by atoms with Crippen LogP contribution < -0.4 is 10.2 Å². The van der Waals surface area contributed by atoms with Crippen LogP contribution in [-0.4, -0.2) is 84.3 Å². The number of anilines is 1. The maximum absolute atomic E-state index is 13.7. The molecule has 2 N–H and O–H groups in total. The van der Waals surface area contributed by atoms with E-state index in [4.69, 9.17) is 5.11 Å². The SMILES string of the molecule is Cc1nnc(C2CN(c3ncc(C(=O)O)cn3)C2)n1C1CC2CCC(C1)N2CC[C@H](NC(=O)C1CCC(F)(F)CC1)c1ccccc1. The molecule has 1 aromatic carbocycles. The number of nitrogens with zero attached hydrogens (tertiary/aromatic N) is 7. The first-order valence-electron chi connectivity index (χ1n) is 16.9. The van der Waals surface area contributed by atoms with Gasteiger partial charge in [0.05, 0.1) is 17.5 Å². The summed E-state index contributed by atoms with van der Waals surface area (Å²) in [6, 6.07) is 11.0. The summed E-state index contributed by atoms with van der Waals surface area (Å²) >= 11 is 0. The summed E-state index contributed by atoms with van der Waals surface area (Å²) in [5.41, 5.74) is 1.11. The minimum absolute atomic E-state index is 0.0663. The molecular formula is C34H42F2N8O3. The Balaban J connectivity index is 0.980. The molecule has 47 heavy (non-hydrogen) atoms. The Hall–Kier alpha value is -4.00. The summed E-state index contributed by atoms with van der Waals surface area (Å²) in [4.78, 5) is 37.5. The lowest BCUT2D eigenvalue weighted by Crippen LogP contribution is -2.48. The molecule has 1 aliphatic carbocycles. The van der Waals surface area contributed by atoms with E-state index in [1.54, 1.807) is 0 Å². The predicted molar refractivity (Wildman–Crippen MR) is 169 cm³/mol. The summed E-state index contributed by atoms with van der Waals surface area (Å²) in [6.07, 6.45) is 7.76. The molecule has 0 spiro atoms. The van der Waals surface area contributed by atoms with Crippen LogP contribution >= 0.6 is 0 Å². The number of fused-ring (bicyclic) bond motifs is 2. The van der Waals surface area contributed by atoms with Gasteiger partial charge in [-0.1, -0.05) is 30.3 Å². The summed E-state index contributed by atoms with van der Waals surface area (Å²) < 4.78 is 29.8. The number of carboxylic acid groups (broad SMARTS) is 1. The molecule has 7 rings (SSSR count). The van der Waals surface area contributed by atoms with Gasteiger partial charge in [0.2, 0.25) is 17.8 Å². The minimum Gasteiger partial charge on any atom is -0.478 e. The van der Waals surface area contributed by atoms with E-state index in [0.29, 0.717) is 37.2 Å². The third-order valence-electron chi connectivity index (χ3n) is 10.8. The van der Waals surface area contributed by atoms with Crippen molar-refractivity contribution in [3.63, 3.8) is 0 Å². The lowest BCUT2D eigenvalue weighted by molar-refractivity contribution is -0.130. The molecule has 2 aromatic heterocycles. The standard InChI is InChI=1S/C34H42F2N8O3/c1-21-40-41-30(25-19-42(20-25)33-37-17-24(18-38-33)32(46)47)44(21)28-15-26-7-8-27(16-28)43(26)14-11-29(22-5-3-2-4-6-22)39-31(45)23-9-12-34(35,36)13-10-23/h2-6,17-18,23,25-29H,7-16,19-20H2,1H3,(H,39,45)(H,46,47)/t26?,27?,28?,29-/m0/s1. The zero-order valence-corrected chi connectivity index (χ0v) is 26.6. The van der Waals surface area contributed by atoms with E-state index >= 15 is 0 Å². The highest BCUT2D eigenvalue weighted by Gasteiger charge is 2.44. The average molecular weight is 649 g/mol. The number of alkyl halides is 2. The molecule has 1 saturated carbocycles. The fourth-order valence-electron chi connectivity index (χ4n) is 8.21. The molecule has 3 aliphatic heterocycles. The molecule has 4 fully saturated rings. The van der Waals surface area contributed by atoms with E-state index in [2.05, 4.69) is 34.9 Å². The second kappa shape index (κ2) is 12.9. The van der Waals surface area contributed by atoms with Crippen molar-refractivity contribution in [2.45, 2.75) is 101 Å². The predicted octanol–water partition coefficient (Wildman–Crippen LogP) is 4.92. The van der Waals surface area contributed by atoms with Gasteiger partial charge in [-0.05, 0) is 57.4 Å². The van der Waals surface area contributed by atoms with Gasteiger partial charge < -0.3 is 19.9 Å². The molecule has 250 valence electrons. The quantitative estimate of drug-likeness (QED) is 0.315. The molecule has 3 saturated heterocycles. The Morgan fingerprint density at radius 3 is 2.28 bits per heavy atom. The number of halogens is 2. The summed E-state index contributed by atoms with van der Waals surface area (Å²) in [6.45, 7) is 4.28. The summed E-state index contributed by atoms with van der Waals surface area (Å²) in [7, 11) is 0. The number of carboxylic acids is 1. The molecular weight excluding hydrogens is 606 g/mol. The molecule has 3 aromatic rings. The second-order valence-corrected chi connectivity index (χ2v) is 13.8. The molecule has 11 nitrogen and oxygen atoms in total. The Bertz CT molecular complexity index is 1560. The van der Waals surface area contributed by atoms with E-state index in [9.17, 15) is 18.4 Å². The van der Waals surface area contributed by atoms with Crippen LogP contribution in [0.1, 0.15) is 103 Å². The third kappa shape index (κ3) is 6.59. The van der Waals surface area contributed by atoms with Gasteiger partial charge in [0, 0.05) is 68.9 Å². The number of benzene rings is 1. The highest BCUT2D eigenvalue weighted by atomic mass is 19.3. The Morgan fingerprint density at radius 2 is 1.64 bits per heavy atom. The van der Waals surface area contributed by atoms with Crippen LogP contribution in [0, 0.1) is 12.8 Å². The highest BCUT2D eigenvalue weighted by molar-refractivity contribution is 5.86. The zero-order valence-electron chi connectivity index (χ0n) is 26.6. The lowest BCUT2D eigenvalue weighted by atomic mass is 9.86. The number of aryl methyl sites for hydroxylation is 1. The normalized spacial score (nSPS) is 25.3. The van der Waals surface area contributed by atoms with Gasteiger partial charge in [0.15, 0.2) is 0 Å². The van der Waals surface area contributed by atoms with Gasteiger partial charge in [-0.2, -0.15) is 0 Å². The van der Waals surface area contributed by atoms with E-state index in [1.807, 2.05) is 42.2 Å². The van der Waals surface area contributed by atoms with Crippen LogP contribution in [0.15, 0.2) is 42.7 Å². The minimum atomic E-state index is -2.65. The van der Waals surface area contributed by atoms with Gasteiger partial charge in [-0.15, -0.1) is 10.2 Å². The number of aromatic carboxylic acids is 1. The summed E-state index contributed by atoms with van der Waals surface area (Å²) in [5, 5.41) is 21.5. The van der Waals surface area contributed by atoms with Crippen molar-refractivity contribution in [3.8, 4) is 0 Å². The van der Waals surface area contributed by atoms with Crippen molar-refractivity contribution in [1.82, 2.24) is 34.9 Å².